The SMILES string of the molecule is COc1ccc2cc(CN(C)C(=O)c3cc([N+](=O)[O-])c(C)s3)ccc2c1. The second-order valence-corrected chi connectivity index (χ2v) is 7.27. The number of rotatable bonds is 5. The summed E-state index contributed by atoms with van der Waals surface area (Å²) in [6, 6.07) is 13.2. The molecule has 0 aliphatic carbocycles. The Kier molecular flexibility index (Phi) is 4.90. The minimum absolute atomic E-state index is 0.00796. The molecule has 0 aliphatic rings. The Morgan fingerprint density at radius 1 is 1.19 bits per heavy atom. The summed E-state index contributed by atoms with van der Waals surface area (Å²) in [5.41, 5.74) is 0.979. The fourth-order valence-corrected chi connectivity index (χ4v) is 3.77. The Balaban J connectivity index is 1.79. The number of fused-ring (bicyclic) bond motifs is 1. The number of carbonyl (C=O) groups is 1. The third-order valence-electron chi connectivity index (χ3n) is 4.18. The first kappa shape index (κ1) is 17.9. The van der Waals surface area contributed by atoms with E-state index in [1.54, 1.807) is 26.0 Å². The van der Waals surface area contributed by atoms with Gasteiger partial charge in [-0.05, 0) is 41.5 Å². The maximum Gasteiger partial charge on any atom is 0.283 e. The van der Waals surface area contributed by atoms with Gasteiger partial charge in [0.2, 0.25) is 0 Å². The van der Waals surface area contributed by atoms with Crippen molar-refractivity contribution in [2.24, 2.45) is 0 Å². The second kappa shape index (κ2) is 7.13. The molecule has 0 saturated carbocycles. The number of nitro groups is 1. The van der Waals surface area contributed by atoms with Crippen molar-refractivity contribution in [2.75, 3.05) is 14.2 Å². The zero-order valence-electron chi connectivity index (χ0n) is 14.7. The van der Waals surface area contributed by atoms with Crippen LogP contribution >= 0.6 is 11.3 Å². The molecule has 0 fully saturated rings. The molecule has 1 amide bonds. The predicted octanol–water partition coefficient (Wildman–Crippen LogP) is 4.40. The number of nitrogens with zero attached hydrogens (tertiary/aromatic N) is 2. The van der Waals surface area contributed by atoms with E-state index in [1.807, 2.05) is 36.4 Å². The van der Waals surface area contributed by atoms with Crippen LogP contribution in [0.25, 0.3) is 10.8 Å². The molecule has 3 aromatic rings. The van der Waals surface area contributed by atoms with Gasteiger partial charge in [0.05, 0.1) is 21.8 Å². The molecule has 134 valence electrons. The highest BCUT2D eigenvalue weighted by atomic mass is 32.1. The molecular formula is C19H18N2O4S. The van der Waals surface area contributed by atoms with Gasteiger partial charge in [0.15, 0.2) is 0 Å². The maximum absolute atomic E-state index is 12.6. The molecule has 0 radical (unpaired) electrons. The molecule has 3 rings (SSSR count). The molecule has 0 bridgehead atoms. The third-order valence-corrected chi connectivity index (χ3v) is 5.21. The Morgan fingerprint density at radius 2 is 1.88 bits per heavy atom. The summed E-state index contributed by atoms with van der Waals surface area (Å²) in [7, 11) is 3.33. The summed E-state index contributed by atoms with van der Waals surface area (Å²) < 4.78 is 5.23. The van der Waals surface area contributed by atoms with E-state index in [9.17, 15) is 14.9 Å². The van der Waals surface area contributed by atoms with Crippen LogP contribution in [0, 0.1) is 17.0 Å². The first-order chi connectivity index (χ1) is 12.4. The molecule has 0 atom stereocenters. The summed E-state index contributed by atoms with van der Waals surface area (Å²) in [5, 5.41) is 13.1. The number of hydrogen-bond acceptors (Lipinski definition) is 5. The van der Waals surface area contributed by atoms with Gasteiger partial charge in [-0.15, -0.1) is 11.3 Å². The monoisotopic (exact) mass is 370 g/mol. The lowest BCUT2D eigenvalue weighted by molar-refractivity contribution is -0.385. The lowest BCUT2D eigenvalue weighted by Crippen LogP contribution is -2.25. The molecule has 0 aliphatic heterocycles. The highest BCUT2D eigenvalue weighted by Gasteiger charge is 2.21. The largest absolute Gasteiger partial charge is 0.497 e. The highest BCUT2D eigenvalue weighted by Crippen LogP contribution is 2.29. The molecular weight excluding hydrogens is 352 g/mol. The van der Waals surface area contributed by atoms with Crippen LogP contribution in [-0.4, -0.2) is 29.9 Å². The smallest absolute Gasteiger partial charge is 0.283 e. The van der Waals surface area contributed by atoms with Crippen LogP contribution in [0.1, 0.15) is 20.1 Å². The number of carbonyl (C=O) groups excluding carboxylic acids is 1. The molecule has 0 unspecified atom stereocenters. The van der Waals surface area contributed by atoms with E-state index in [0.717, 1.165) is 33.4 Å². The number of aryl methyl sites for hydroxylation is 1. The Bertz CT molecular complexity index is 996. The van der Waals surface area contributed by atoms with E-state index in [2.05, 4.69) is 0 Å². The number of methoxy groups -OCH3 is 1. The summed E-state index contributed by atoms with van der Waals surface area (Å²) in [4.78, 5) is 25.6. The van der Waals surface area contributed by atoms with E-state index in [0.29, 0.717) is 16.3 Å². The maximum atomic E-state index is 12.6. The minimum atomic E-state index is -0.458. The first-order valence-corrected chi connectivity index (χ1v) is 8.77. The van der Waals surface area contributed by atoms with Crippen molar-refractivity contribution >= 4 is 33.7 Å². The van der Waals surface area contributed by atoms with Crippen molar-refractivity contribution in [3.8, 4) is 5.75 Å². The quantitative estimate of drug-likeness (QED) is 0.493. The Hall–Kier alpha value is -2.93. The van der Waals surface area contributed by atoms with Crippen molar-refractivity contribution in [3.63, 3.8) is 0 Å². The van der Waals surface area contributed by atoms with Gasteiger partial charge in [-0.25, -0.2) is 0 Å². The normalized spacial score (nSPS) is 10.7. The fraction of sp³-hybridized carbons (Fsp3) is 0.211. The molecule has 1 heterocycles. The summed E-state index contributed by atoms with van der Waals surface area (Å²) in [6.45, 7) is 2.07. The van der Waals surface area contributed by atoms with Gasteiger partial charge in [-0.1, -0.05) is 18.2 Å². The minimum Gasteiger partial charge on any atom is -0.497 e. The number of thiophene rings is 1. The zero-order chi connectivity index (χ0) is 18.8. The van der Waals surface area contributed by atoms with Gasteiger partial charge in [0, 0.05) is 19.7 Å². The van der Waals surface area contributed by atoms with Crippen LogP contribution in [-0.2, 0) is 6.54 Å². The second-order valence-electron chi connectivity index (χ2n) is 6.02. The molecule has 0 N–H and O–H groups in total. The van der Waals surface area contributed by atoms with Gasteiger partial charge in [0.25, 0.3) is 11.6 Å². The molecule has 2 aromatic carbocycles. The van der Waals surface area contributed by atoms with Gasteiger partial charge < -0.3 is 9.64 Å². The average molecular weight is 370 g/mol. The number of amides is 1. The van der Waals surface area contributed by atoms with Crippen LogP contribution in [0.3, 0.4) is 0 Å². The van der Waals surface area contributed by atoms with Crippen LogP contribution in [0.2, 0.25) is 0 Å². The number of hydrogen-bond donors (Lipinski definition) is 0. The zero-order valence-corrected chi connectivity index (χ0v) is 15.5. The molecule has 0 spiro atoms. The number of ether oxygens (including phenoxy) is 1. The summed E-state index contributed by atoms with van der Waals surface area (Å²) in [6.07, 6.45) is 0. The van der Waals surface area contributed by atoms with Crippen molar-refractivity contribution < 1.29 is 14.5 Å². The first-order valence-electron chi connectivity index (χ1n) is 7.96. The molecule has 6 nitrogen and oxygen atoms in total. The lowest BCUT2D eigenvalue weighted by atomic mass is 10.1. The van der Waals surface area contributed by atoms with Crippen LogP contribution in [0.4, 0.5) is 5.69 Å². The van der Waals surface area contributed by atoms with E-state index >= 15 is 0 Å². The summed E-state index contributed by atoms with van der Waals surface area (Å²) in [5.74, 6) is 0.577. The van der Waals surface area contributed by atoms with Crippen LogP contribution < -0.4 is 4.74 Å². The van der Waals surface area contributed by atoms with Crippen LogP contribution in [0.5, 0.6) is 5.75 Å². The van der Waals surface area contributed by atoms with Gasteiger partial charge >= 0.3 is 0 Å². The van der Waals surface area contributed by atoms with E-state index in [1.165, 1.54) is 6.07 Å². The van der Waals surface area contributed by atoms with Crippen molar-refractivity contribution in [1.82, 2.24) is 4.90 Å². The third kappa shape index (κ3) is 3.52. The average Bonchev–Trinajstić information content (AvgIpc) is 3.02. The van der Waals surface area contributed by atoms with Crippen molar-refractivity contribution in [1.29, 1.82) is 0 Å². The van der Waals surface area contributed by atoms with E-state index < -0.39 is 4.92 Å². The summed E-state index contributed by atoms with van der Waals surface area (Å²) >= 11 is 1.15. The predicted molar refractivity (Wildman–Crippen MR) is 102 cm³/mol. The molecule has 7 heteroatoms. The fourth-order valence-electron chi connectivity index (χ4n) is 2.79. The van der Waals surface area contributed by atoms with Crippen molar-refractivity contribution in [3.05, 3.63) is 67.9 Å². The highest BCUT2D eigenvalue weighted by molar-refractivity contribution is 7.14. The molecule has 1 aromatic heterocycles. The molecule has 26 heavy (non-hydrogen) atoms. The lowest BCUT2D eigenvalue weighted by Gasteiger charge is -2.16. The number of benzene rings is 2. The molecule has 0 saturated heterocycles. The Labute approximate surface area is 154 Å². The van der Waals surface area contributed by atoms with Gasteiger partial charge in [-0.3, -0.25) is 14.9 Å². The van der Waals surface area contributed by atoms with E-state index in [4.69, 9.17) is 4.74 Å². The standard InChI is InChI=1S/C19H18N2O4S/c1-12-17(21(23)24)10-18(26-12)19(22)20(2)11-13-4-5-15-9-16(25-3)7-6-14(15)8-13/h4-10H,11H2,1-3H3. The van der Waals surface area contributed by atoms with Crippen molar-refractivity contribution in [2.45, 2.75) is 13.5 Å². The van der Waals surface area contributed by atoms with Gasteiger partial charge in [-0.2, -0.15) is 0 Å². The Morgan fingerprint density at radius 3 is 2.54 bits per heavy atom. The topological polar surface area (TPSA) is 72.7 Å². The van der Waals surface area contributed by atoms with Crippen LogP contribution in [0.15, 0.2) is 42.5 Å². The van der Waals surface area contributed by atoms with Gasteiger partial charge in [0.1, 0.15) is 5.75 Å². The van der Waals surface area contributed by atoms with E-state index in [-0.39, 0.29) is 11.6 Å².